The van der Waals surface area contributed by atoms with Crippen LogP contribution in [-0.2, 0) is 4.74 Å². The molecule has 1 aliphatic rings. The van der Waals surface area contributed by atoms with Gasteiger partial charge in [-0.3, -0.25) is 14.9 Å². The summed E-state index contributed by atoms with van der Waals surface area (Å²) in [6, 6.07) is 12.8. The van der Waals surface area contributed by atoms with Gasteiger partial charge in [0.05, 0.1) is 10.5 Å². The fourth-order valence-corrected chi connectivity index (χ4v) is 3.14. The first-order valence-corrected chi connectivity index (χ1v) is 8.81. The van der Waals surface area contributed by atoms with E-state index in [-0.39, 0.29) is 17.0 Å². The third-order valence-electron chi connectivity index (χ3n) is 4.57. The highest BCUT2D eigenvalue weighted by Crippen LogP contribution is 2.32. The van der Waals surface area contributed by atoms with Gasteiger partial charge in [-0.2, -0.15) is 0 Å². The molecule has 140 valence electrons. The number of ether oxygens (including phenoxy) is 1. The third kappa shape index (κ3) is 4.13. The van der Waals surface area contributed by atoms with Crippen molar-refractivity contribution in [3.05, 3.63) is 69.8 Å². The van der Waals surface area contributed by atoms with Crippen LogP contribution in [0.5, 0.6) is 0 Å². The van der Waals surface area contributed by atoms with Crippen LogP contribution in [0.15, 0.2) is 48.5 Å². The van der Waals surface area contributed by atoms with E-state index in [1.807, 2.05) is 4.90 Å². The number of hydrogen-bond acceptors (Lipinski definition) is 6. The SMILES string of the molecule is CC(OC(=O)c1ccc(N2CCCC2)c([N+](=O)[O-])c1)C(=O)c1ccccc1. The summed E-state index contributed by atoms with van der Waals surface area (Å²) in [5.74, 6) is -1.09. The Balaban J connectivity index is 1.77. The molecule has 3 rings (SSSR count). The number of carbonyl (C=O) groups is 2. The normalized spacial score (nSPS) is 14.6. The van der Waals surface area contributed by atoms with Crippen LogP contribution < -0.4 is 4.90 Å². The van der Waals surface area contributed by atoms with Crippen molar-refractivity contribution >= 4 is 23.1 Å². The molecular formula is C20H20N2O5. The van der Waals surface area contributed by atoms with E-state index < -0.39 is 17.0 Å². The van der Waals surface area contributed by atoms with Gasteiger partial charge in [-0.25, -0.2) is 4.79 Å². The standard InChI is InChI=1S/C20H20N2O5/c1-14(19(23)15-7-3-2-4-8-15)27-20(24)16-9-10-17(18(13-16)22(25)26)21-11-5-6-12-21/h2-4,7-10,13-14H,5-6,11-12H2,1H3. The molecule has 1 aliphatic heterocycles. The van der Waals surface area contributed by atoms with Crippen molar-refractivity contribution in [2.45, 2.75) is 25.9 Å². The molecule has 0 saturated carbocycles. The zero-order valence-corrected chi connectivity index (χ0v) is 15.0. The second-order valence-electron chi connectivity index (χ2n) is 6.43. The molecule has 0 aromatic heterocycles. The van der Waals surface area contributed by atoms with E-state index in [4.69, 9.17) is 4.74 Å². The number of nitrogens with zero attached hydrogens (tertiary/aromatic N) is 2. The van der Waals surface area contributed by atoms with Gasteiger partial charge < -0.3 is 9.64 Å². The Bertz CT molecular complexity index is 860. The molecule has 0 bridgehead atoms. The smallest absolute Gasteiger partial charge is 0.339 e. The van der Waals surface area contributed by atoms with Crippen molar-refractivity contribution in [3.63, 3.8) is 0 Å². The number of benzene rings is 2. The van der Waals surface area contributed by atoms with E-state index in [1.54, 1.807) is 36.4 Å². The lowest BCUT2D eigenvalue weighted by atomic mass is 10.1. The number of hydrogen-bond donors (Lipinski definition) is 0. The van der Waals surface area contributed by atoms with Crippen molar-refractivity contribution in [2.24, 2.45) is 0 Å². The Morgan fingerprint density at radius 1 is 1.07 bits per heavy atom. The largest absolute Gasteiger partial charge is 0.451 e. The van der Waals surface area contributed by atoms with Crippen molar-refractivity contribution in [3.8, 4) is 0 Å². The molecule has 2 aromatic rings. The highest BCUT2D eigenvalue weighted by atomic mass is 16.6. The number of esters is 1. The summed E-state index contributed by atoms with van der Waals surface area (Å²) in [4.78, 5) is 37.6. The average Bonchev–Trinajstić information content (AvgIpc) is 3.22. The van der Waals surface area contributed by atoms with Crippen LogP contribution in [0.1, 0.15) is 40.5 Å². The third-order valence-corrected chi connectivity index (χ3v) is 4.57. The van der Waals surface area contributed by atoms with Gasteiger partial charge >= 0.3 is 5.97 Å². The number of anilines is 1. The average molecular weight is 368 g/mol. The van der Waals surface area contributed by atoms with Gasteiger partial charge in [-0.05, 0) is 31.9 Å². The summed E-state index contributed by atoms with van der Waals surface area (Å²) < 4.78 is 5.23. The molecule has 1 fully saturated rings. The summed E-state index contributed by atoms with van der Waals surface area (Å²) in [7, 11) is 0. The molecule has 7 nitrogen and oxygen atoms in total. The van der Waals surface area contributed by atoms with Crippen molar-refractivity contribution in [2.75, 3.05) is 18.0 Å². The van der Waals surface area contributed by atoms with Gasteiger partial charge in [0, 0.05) is 24.7 Å². The van der Waals surface area contributed by atoms with Crippen LogP contribution >= 0.6 is 0 Å². The van der Waals surface area contributed by atoms with E-state index >= 15 is 0 Å². The van der Waals surface area contributed by atoms with E-state index in [1.165, 1.54) is 19.1 Å². The van der Waals surface area contributed by atoms with Crippen LogP contribution in [0, 0.1) is 10.1 Å². The summed E-state index contributed by atoms with van der Waals surface area (Å²) in [5, 5.41) is 11.4. The summed E-state index contributed by atoms with van der Waals surface area (Å²) in [6.45, 7) is 3.00. The van der Waals surface area contributed by atoms with Crippen molar-refractivity contribution in [1.82, 2.24) is 0 Å². The molecular weight excluding hydrogens is 348 g/mol. The van der Waals surface area contributed by atoms with Crippen molar-refractivity contribution in [1.29, 1.82) is 0 Å². The van der Waals surface area contributed by atoms with Gasteiger partial charge in [-0.1, -0.05) is 30.3 Å². The van der Waals surface area contributed by atoms with Gasteiger partial charge in [0.25, 0.3) is 5.69 Å². The first-order chi connectivity index (χ1) is 13.0. The van der Waals surface area contributed by atoms with Crippen LogP contribution in [0.3, 0.4) is 0 Å². The number of carbonyl (C=O) groups excluding carboxylic acids is 2. The topological polar surface area (TPSA) is 89.8 Å². The zero-order chi connectivity index (χ0) is 19.4. The molecule has 0 radical (unpaired) electrons. The monoisotopic (exact) mass is 368 g/mol. The number of nitro benzene ring substituents is 1. The predicted octanol–water partition coefficient (Wildman–Crippen LogP) is 3.62. The molecule has 0 amide bonds. The molecule has 1 heterocycles. The number of ketones is 1. The molecule has 1 unspecified atom stereocenters. The lowest BCUT2D eigenvalue weighted by Gasteiger charge is -2.18. The van der Waals surface area contributed by atoms with Gasteiger partial charge in [0.1, 0.15) is 5.69 Å². The summed E-state index contributed by atoms with van der Waals surface area (Å²) >= 11 is 0. The molecule has 2 aromatic carbocycles. The van der Waals surface area contributed by atoms with Crippen LogP contribution in [0.2, 0.25) is 0 Å². The molecule has 27 heavy (non-hydrogen) atoms. The van der Waals surface area contributed by atoms with E-state index in [0.29, 0.717) is 11.3 Å². The van der Waals surface area contributed by atoms with Crippen LogP contribution in [0.25, 0.3) is 0 Å². The Kier molecular flexibility index (Phi) is 5.49. The highest BCUT2D eigenvalue weighted by Gasteiger charge is 2.26. The van der Waals surface area contributed by atoms with E-state index in [2.05, 4.69) is 0 Å². The molecule has 0 aliphatic carbocycles. The lowest BCUT2D eigenvalue weighted by molar-refractivity contribution is -0.384. The maximum absolute atomic E-state index is 12.4. The Hall–Kier alpha value is -3.22. The Labute approximate surface area is 156 Å². The number of nitro groups is 1. The fourth-order valence-electron chi connectivity index (χ4n) is 3.14. The predicted molar refractivity (Wildman–Crippen MR) is 100 cm³/mol. The second-order valence-corrected chi connectivity index (χ2v) is 6.43. The maximum Gasteiger partial charge on any atom is 0.339 e. The molecule has 1 saturated heterocycles. The van der Waals surface area contributed by atoms with Gasteiger partial charge in [0.15, 0.2) is 6.10 Å². The molecule has 0 spiro atoms. The molecule has 1 atom stereocenters. The molecule has 0 N–H and O–H groups in total. The first-order valence-electron chi connectivity index (χ1n) is 8.81. The Morgan fingerprint density at radius 2 is 1.74 bits per heavy atom. The van der Waals surface area contributed by atoms with Crippen LogP contribution in [0.4, 0.5) is 11.4 Å². The lowest BCUT2D eigenvalue weighted by Crippen LogP contribution is -2.24. The van der Waals surface area contributed by atoms with Gasteiger partial charge in [-0.15, -0.1) is 0 Å². The highest BCUT2D eigenvalue weighted by molar-refractivity contribution is 6.01. The van der Waals surface area contributed by atoms with Gasteiger partial charge in [0.2, 0.25) is 5.78 Å². The minimum Gasteiger partial charge on any atom is -0.451 e. The Morgan fingerprint density at radius 3 is 2.37 bits per heavy atom. The van der Waals surface area contributed by atoms with E-state index in [9.17, 15) is 19.7 Å². The maximum atomic E-state index is 12.4. The second kappa shape index (κ2) is 7.99. The minimum atomic E-state index is -0.989. The summed E-state index contributed by atoms with van der Waals surface area (Å²) in [5.41, 5.74) is 0.862. The number of rotatable bonds is 6. The van der Waals surface area contributed by atoms with Crippen LogP contribution in [-0.4, -0.2) is 35.9 Å². The first kappa shape index (κ1) is 18.6. The molecule has 7 heteroatoms. The van der Waals surface area contributed by atoms with Crippen molar-refractivity contribution < 1.29 is 19.2 Å². The number of Topliss-reactive ketones (excluding diaryl/α,β-unsaturated/α-hetero) is 1. The zero-order valence-electron chi connectivity index (χ0n) is 15.0. The fraction of sp³-hybridized carbons (Fsp3) is 0.300. The summed E-state index contributed by atoms with van der Waals surface area (Å²) in [6.07, 6.45) is 0.984. The quantitative estimate of drug-likeness (QED) is 0.335. The van der Waals surface area contributed by atoms with E-state index in [0.717, 1.165) is 25.9 Å². The minimum absolute atomic E-state index is 0.0531.